The van der Waals surface area contributed by atoms with Gasteiger partial charge in [0.1, 0.15) is 0 Å². The molecule has 7 heteroatoms. The van der Waals surface area contributed by atoms with Crippen LogP contribution in [0.5, 0.6) is 0 Å². The number of nitrogens with one attached hydrogen (secondary N) is 1. The lowest BCUT2D eigenvalue weighted by Gasteiger charge is -2.24. The fraction of sp³-hybridized carbons (Fsp3) is 0.217. The number of hydrogen-bond donors (Lipinski definition) is 1. The zero-order valence-electron chi connectivity index (χ0n) is 16.7. The van der Waals surface area contributed by atoms with Gasteiger partial charge in [-0.05, 0) is 62.2 Å². The summed E-state index contributed by atoms with van der Waals surface area (Å²) in [6.07, 6.45) is 3.45. The number of sulfonamides is 1. The molecule has 2 heterocycles. The molecule has 0 aliphatic carbocycles. The van der Waals surface area contributed by atoms with E-state index in [2.05, 4.69) is 9.71 Å². The minimum Gasteiger partial charge on any atom is -0.330 e. The number of carbonyl (C=O) groups is 1. The van der Waals surface area contributed by atoms with Crippen molar-refractivity contribution in [3.63, 3.8) is 0 Å². The Morgan fingerprint density at radius 2 is 1.87 bits per heavy atom. The van der Waals surface area contributed by atoms with E-state index in [0.29, 0.717) is 17.8 Å². The molecule has 3 aromatic rings. The minimum absolute atomic E-state index is 0.0579. The van der Waals surface area contributed by atoms with Crippen LogP contribution < -0.4 is 4.72 Å². The third-order valence-electron chi connectivity index (χ3n) is 5.24. The maximum Gasteiger partial charge on any atom is 0.261 e. The van der Waals surface area contributed by atoms with Crippen LogP contribution in [0, 0.1) is 6.92 Å². The Bertz CT molecular complexity index is 1150. The second-order valence-corrected chi connectivity index (χ2v) is 9.09. The lowest BCUT2D eigenvalue weighted by molar-refractivity contribution is 0.0732. The molecule has 1 atom stereocenters. The summed E-state index contributed by atoms with van der Waals surface area (Å²) >= 11 is 0. The fourth-order valence-electron chi connectivity index (χ4n) is 3.69. The lowest BCUT2D eigenvalue weighted by Crippen LogP contribution is -2.31. The molecule has 0 bridgehead atoms. The smallest absolute Gasteiger partial charge is 0.261 e. The first kappa shape index (κ1) is 20.1. The monoisotopic (exact) mass is 421 g/mol. The predicted molar refractivity (Wildman–Crippen MR) is 116 cm³/mol. The quantitative estimate of drug-likeness (QED) is 0.671. The summed E-state index contributed by atoms with van der Waals surface area (Å²) in [4.78, 5) is 19.4. The van der Waals surface area contributed by atoms with Gasteiger partial charge in [0.15, 0.2) is 0 Å². The van der Waals surface area contributed by atoms with Gasteiger partial charge in [0.05, 0.1) is 16.6 Å². The zero-order valence-corrected chi connectivity index (χ0v) is 17.5. The van der Waals surface area contributed by atoms with Crippen molar-refractivity contribution in [2.24, 2.45) is 0 Å². The van der Waals surface area contributed by atoms with Gasteiger partial charge in [-0.3, -0.25) is 14.5 Å². The van der Waals surface area contributed by atoms with E-state index in [4.69, 9.17) is 0 Å². The summed E-state index contributed by atoms with van der Waals surface area (Å²) in [5, 5.41) is 0. The zero-order chi connectivity index (χ0) is 21.1. The molecule has 0 saturated carbocycles. The van der Waals surface area contributed by atoms with E-state index in [1.165, 1.54) is 12.1 Å². The fourth-order valence-corrected chi connectivity index (χ4v) is 4.79. The molecule has 0 spiro atoms. The number of nitrogens with zero attached hydrogens (tertiary/aromatic N) is 2. The SMILES string of the molecule is Cc1ccc(NS(=O)(=O)c2cccc(C(=O)N3CCCC3c3ccccn3)c2)cc1. The van der Waals surface area contributed by atoms with Gasteiger partial charge in [-0.15, -0.1) is 0 Å². The molecule has 0 radical (unpaired) electrons. The lowest BCUT2D eigenvalue weighted by atomic mass is 10.1. The van der Waals surface area contributed by atoms with Gasteiger partial charge in [-0.1, -0.05) is 29.8 Å². The molecule has 1 fully saturated rings. The summed E-state index contributed by atoms with van der Waals surface area (Å²) in [7, 11) is -3.80. The molecule has 6 nitrogen and oxygen atoms in total. The normalized spacial score (nSPS) is 16.4. The molecule has 4 rings (SSSR count). The van der Waals surface area contributed by atoms with Gasteiger partial charge < -0.3 is 4.90 Å². The molecular weight excluding hydrogens is 398 g/mol. The molecule has 2 aromatic carbocycles. The van der Waals surface area contributed by atoms with E-state index in [1.807, 2.05) is 37.3 Å². The number of anilines is 1. The van der Waals surface area contributed by atoms with Gasteiger partial charge in [0, 0.05) is 24.0 Å². The molecular formula is C23H23N3O3S. The first-order valence-corrected chi connectivity index (χ1v) is 11.3. The van der Waals surface area contributed by atoms with Crippen LogP contribution in [0.25, 0.3) is 0 Å². The summed E-state index contributed by atoms with van der Waals surface area (Å²) in [6.45, 7) is 2.56. The number of aromatic nitrogens is 1. The van der Waals surface area contributed by atoms with Gasteiger partial charge in [-0.25, -0.2) is 8.42 Å². The van der Waals surface area contributed by atoms with Crippen molar-refractivity contribution in [2.75, 3.05) is 11.3 Å². The van der Waals surface area contributed by atoms with Crippen LogP contribution in [-0.2, 0) is 10.0 Å². The summed E-state index contributed by atoms with van der Waals surface area (Å²) in [5.74, 6) is -0.185. The molecule has 1 amide bonds. The third-order valence-corrected chi connectivity index (χ3v) is 6.62. The largest absolute Gasteiger partial charge is 0.330 e. The number of rotatable bonds is 5. The van der Waals surface area contributed by atoms with Crippen molar-refractivity contribution in [3.8, 4) is 0 Å². The van der Waals surface area contributed by atoms with Crippen molar-refractivity contribution in [3.05, 3.63) is 89.7 Å². The molecule has 30 heavy (non-hydrogen) atoms. The van der Waals surface area contributed by atoms with Crippen molar-refractivity contribution < 1.29 is 13.2 Å². The van der Waals surface area contributed by atoms with Gasteiger partial charge >= 0.3 is 0 Å². The number of likely N-dealkylation sites (tertiary alicyclic amines) is 1. The standard InChI is InChI=1S/C23H23N3O3S/c1-17-10-12-19(13-11-17)25-30(28,29)20-7-4-6-18(16-20)23(27)26-15-5-9-22(26)21-8-2-3-14-24-21/h2-4,6-8,10-14,16,22,25H,5,9,15H2,1H3. The van der Waals surface area contributed by atoms with E-state index >= 15 is 0 Å². The molecule has 1 aromatic heterocycles. The Labute approximate surface area is 176 Å². The Kier molecular flexibility index (Phi) is 5.55. The number of carbonyl (C=O) groups excluding carboxylic acids is 1. The second-order valence-electron chi connectivity index (χ2n) is 7.41. The maximum atomic E-state index is 13.2. The highest BCUT2D eigenvalue weighted by Crippen LogP contribution is 2.32. The van der Waals surface area contributed by atoms with Crippen LogP contribution in [0.4, 0.5) is 5.69 Å². The molecule has 154 valence electrons. The average molecular weight is 422 g/mol. The van der Waals surface area contributed by atoms with Crippen molar-refractivity contribution in [1.29, 1.82) is 0 Å². The molecule has 1 saturated heterocycles. The van der Waals surface area contributed by atoms with Gasteiger partial charge in [0.2, 0.25) is 0 Å². The Morgan fingerprint density at radius 1 is 1.07 bits per heavy atom. The summed E-state index contributed by atoms with van der Waals surface area (Å²) < 4.78 is 28.2. The van der Waals surface area contributed by atoms with Crippen molar-refractivity contribution >= 4 is 21.6 Å². The maximum absolute atomic E-state index is 13.2. The average Bonchev–Trinajstić information content (AvgIpc) is 3.25. The number of aryl methyl sites for hydroxylation is 1. The minimum atomic E-state index is -3.80. The molecule has 1 unspecified atom stereocenters. The summed E-state index contributed by atoms with van der Waals surface area (Å²) in [5.41, 5.74) is 2.73. The van der Waals surface area contributed by atoms with Crippen LogP contribution in [0.2, 0.25) is 0 Å². The first-order chi connectivity index (χ1) is 14.4. The topological polar surface area (TPSA) is 79.4 Å². The van der Waals surface area contributed by atoms with Crippen molar-refractivity contribution in [1.82, 2.24) is 9.88 Å². The van der Waals surface area contributed by atoms with Crippen LogP contribution in [0.1, 0.15) is 40.5 Å². The van der Waals surface area contributed by atoms with Gasteiger partial charge in [-0.2, -0.15) is 0 Å². The number of pyridine rings is 1. The molecule has 1 N–H and O–H groups in total. The Morgan fingerprint density at radius 3 is 2.60 bits per heavy atom. The number of amides is 1. The number of benzene rings is 2. The van der Waals surface area contributed by atoms with E-state index in [9.17, 15) is 13.2 Å². The van der Waals surface area contributed by atoms with E-state index in [0.717, 1.165) is 24.1 Å². The first-order valence-electron chi connectivity index (χ1n) is 9.85. The highest BCUT2D eigenvalue weighted by Gasteiger charge is 2.31. The Balaban J connectivity index is 1.58. The van der Waals surface area contributed by atoms with E-state index < -0.39 is 10.0 Å². The van der Waals surface area contributed by atoms with Crippen molar-refractivity contribution in [2.45, 2.75) is 30.7 Å². The van der Waals surface area contributed by atoms with E-state index in [-0.39, 0.29) is 16.8 Å². The number of hydrogen-bond acceptors (Lipinski definition) is 4. The predicted octanol–water partition coefficient (Wildman–Crippen LogP) is 4.17. The van der Waals surface area contributed by atoms with E-state index in [1.54, 1.807) is 35.4 Å². The van der Waals surface area contributed by atoms with Crippen LogP contribution in [0.3, 0.4) is 0 Å². The highest BCUT2D eigenvalue weighted by molar-refractivity contribution is 7.92. The van der Waals surface area contributed by atoms with Crippen LogP contribution in [0.15, 0.2) is 77.8 Å². The van der Waals surface area contributed by atoms with Gasteiger partial charge in [0.25, 0.3) is 15.9 Å². The van der Waals surface area contributed by atoms with Crippen LogP contribution >= 0.6 is 0 Å². The Hall–Kier alpha value is -3.19. The highest BCUT2D eigenvalue weighted by atomic mass is 32.2. The van der Waals surface area contributed by atoms with Crippen LogP contribution in [-0.4, -0.2) is 30.8 Å². The molecule has 1 aliphatic heterocycles. The second kappa shape index (κ2) is 8.28. The molecule has 1 aliphatic rings. The summed E-state index contributed by atoms with van der Waals surface area (Å²) in [6, 6.07) is 18.9. The third kappa shape index (κ3) is 4.21.